The van der Waals surface area contributed by atoms with E-state index in [1.807, 2.05) is 6.07 Å². The van der Waals surface area contributed by atoms with Crippen molar-refractivity contribution in [2.24, 2.45) is 0 Å². The van der Waals surface area contributed by atoms with Crippen LogP contribution in [0.2, 0.25) is 0 Å². The number of benzene rings is 1. The Morgan fingerprint density at radius 3 is 2.65 bits per heavy atom. The average molecular weight is 239 g/mol. The van der Waals surface area contributed by atoms with Gasteiger partial charge < -0.3 is 4.74 Å². The van der Waals surface area contributed by atoms with Gasteiger partial charge in [0.1, 0.15) is 6.04 Å². The summed E-state index contributed by atoms with van der Waals surface area (Å²) >= 11 is 0. The molecule has 0 saturated carbocycles. The number of amides is 1. The summed E-state index contributed by atoms with van der Waals surface area (Å²) in [5, 5.41) is 0. The molecule has 0 bridgehead atoms. The maximum absolute atomic E-state index is 12.7. The Hall–Kier alpha value is -1.91. The standard InChI is InChI=1S/C12H11F2NO2/c13-11(14)10-6-7-17-12(16)15(10)8-9-4-2-1-3-5-9/h1-7,10-11H,8H2. The summed E-state index contributed by atoms with van der Waals surface area (Å²) in [7, 11) is 0. The number of carbonyl (C=O) groups is 1. The van der Waals surface area contributed by atoms with Crippen LogP contribution in [0.1, 0.15) is 5.56 Å². The molecule has 1 aromatic rings. The van der Waals surface area contributed by atoms with Gasteiger partial charge in [0.05, 0.1) is 6.26 Å². The summed E-state index contributed by atoms with van der Waals surface area (Å²) in [4.78, 5) is 12.4. The fourth-order valence-electron chi connectivity index (χ4n) is 1.64. The van der Waals surface area contributed by atoms with Gasteiger partial charge in [0.2, 0.25) is 0 Å². The molecule has 1 amide bonds. The van der Waals surface area contributed by atoms with Crippen LogP contribution in [0.4, 0.5) is 13.6 Å². The van der Waals surface area contributed by atoms with Gasteiger partial charge in [-0.1, -0.05) is 30.3 Å². The molecule has 5 heteroatoms. The fraction of sp³-hybridized carbons (Fsp3) is 0.250. The Kier molecular flexibility index (Phi) is 3.37. The highest BCUT2D eigenvalue weighted by Crippen LogP contribution is 2.19. The first-order valence-electron chi connectivity index (χ1n) is 5.14. The molecule has 1 unspecified atom stereocenters. The zero-order valence-electron chi connectivity index (χ0n) is 8.92. The average Bonchev–Trinajstić information content (AvgIpc) is 2.33. The third kappa shape index (κ3) is 2.61. The van der Waals surface area contributed by atoms with Crippen LogP contribution in [0.25, 0.3) is 0 Å². The Morgan fingerprint density at radius 2 is 2.00 bits per heavy atom. The quantitative estimate of drug-likeness (QED) is 0.811. The molecular weight excluding hydrogens is 228 g/mol. The highest BCUT2D eigenvalue weighted by Gasteiger charge is 2.32. The topological polar surface area (TPSA) is 29.5 Å². The normalized spacial score (nSPS) is 19.6. The van der Waals surface area contributed by atoms with E-state index < -0.39 is 18.6 Å². The van der Waals surface area contributed by atoms with Crippen LogP contribution < -0.4 is 0 Å². The first kappa shape index (κ1) is 11.6. The molecule has 2 rings (SSSR count). The van der Waals surface area contributed by atoms with Gasteiger partial charge in [-0.2, -0.15) is 0 Å². The van der Waals surface area contributed by atoms with Crippen LogP contribution in [0, 0.1) is 0 Å². The summed E-state index contributed by atoms with van der Waals surface area (Å²) in [5.74, 6) is 0. The van der Waals surface area contributed by atoms with Gasteiger partial charge in [-0.05, 0) is 11.6 Å². The summed E-state index contributed by atoms with van der Waals surface area (Å²) in [5.41, 5.74) is 0.783. The molecule has 1 aliphatic heterocycles. The first-order chi connectivity index (χ1) is 8.18. The van der Waals surface area contributed by atoms with Crippen molar-refractivity contribution in [3.63, 3.8) is 0 Å². The molecule has 0 fully saturated rings. The molecule has 90 valence electrons. The Balaban J connectivity index is 2.17. The molecule has 0 aromatic heterocycles. The van der Waals surface area contributed by atoms with Gasteiger partial charge in [-0.25, -0.2) is 13.6 Å². The summed E-state index contributed by atoms with van der Waals surface area (Å²) < 4.78 is 30.1. The lowest BCUT2D eigenvalue weighted by Gasteiger charge is -2.30. The van der Waals surface area contributed by atoms with E-state index >= 15 is 0 Å². The molecule has 1 aliphatic rings. The van der Waals surface area contributed by atoms with E-state index in [2.05, 4.69) is 4.74 Å². The summed E-state index contributed by atoms with van der Waals surface area (Å²) in [6.07, 6.45) is -1.17. The van der Waals surface area contributed by atoms with E-state index in [0.29, 0.717) is 0 Å². The zero-order valence-corrected chi connectivity index (χ0v) is 8.92. The second-order valence-electron chi connectivity index (χ2n) is 3.65. The van der Waals surface area contributed by atoms with E-state index in [1.54, 1.807) is 24.3 Å². The van der Waals surface area contributed by atoms with E-state index in [9.17, 15) is 13.6 Å². The number of hydrogen-bond acceptors (Lipinski definition) is 2. The van der Waals surface area contributed by atoms with E-state index in [4.69, 9.17) is 0 Å². The number of rotatable bonds is 3. The molecule has 1 heterocycles. The molecule has 0 N–H and O–H groups in total. The minimum absolute atomic E-state index is 0.110. The molecule has 0 radical (unpaired) electrons. The third-order valence-corrected chi connectivity index (χ3v) is 2.49. The van der Waals surface area contributed by atoms with Gasteiger partial charge in [0.15, 0.2) is 0 Å². The summed E-state index contributed by atoms with van der Waals surface area (Å²) in [6, 6.07) is 7.72. The van der Waals surface area contributed by atoms with Gasteiger partial charge in [-0.3, -0.25) is 4.90 Å². The number of carbonyl (C=O) groups excluding carboxylic acids is 1. The van der Waals surface area contributed by atoms with Crippen molar-refractivity contribution in [2.45, 2.75) is 19.0 Å². The lowest BCUT2D eigenvalue weighted by atomic mass is 10.1. The Bertz CT molecular complexity index is 420. The van der Waals surface area contributed by atoms with Gasteiger partial charge >= 0.3 is 6.09 Å². The largest absolute Gasteiger partial charge is 0.418 e. The van der Waals surface area contributed by atoms with Gasteiger partial charge in [0.25, 0.3) is 6.43 Å². The van der Waals surface area contributed by atoms with Crippen molar-refractivity contribution in [1.29, 1.82) is 0 Å². The second-order valence-corrected chi connectivity index (χ2v) is 3.65. The highest BCUT2D eigenvalue weighted by molar-refractivity contribution is 5.70. The van der Waals surface area contributed by atoms with Crippen LogP contribution >= 0.6 is 0 Å². The molecule has 3 nitrogen and oxygen atoms in total. The molecule has 17 heavy (non-hydrogen) atoms. The number of alkyl halides is 2. The predicted molar refractivity (Wildman–Crippen MR) is 57.4 cm³/mol. The molecule has 1 atom stereocenters. The number of halogens is 2. The lowest BCUT2D eigenvalue weighted by molar-refractivity contribution is 0.0326. The van der Waals surface area contributed by atoms with Crippen LogP contribution in [0.5, 0.6) is 0 Å². The highest BCUT2D eigenvalue weighted by atomic mass is 19.3. The minimum Gasteiger partial charge on any atom is -0.418 e. The zero-order chi connectivity index (χ0) is 12.3. The van der Waals surface area contributed by atoms with Gasteiger partial charge in [-0.15, -0.1) is 0 Å². The van der Waals surface area contributed by atoms with Crippen molar-refractivity contribution >= 4 is 6.09 Å². The van der Waals surface area contributed by atoms with E-state index in [1.165, 1.54) is 6.08 Å². The molecule has 1 aromatic carbocycles. The van der Waals surface area contributed by atoms with Crippen molar-refractivity contribution in [3.05, 3.63) is 48.2 Å². The van der Waals surface area contributed by atoms with Crippen molar-refractivity contribution in [1.82, 2.24) is 4.90 Å². The van der Waals surface area contributed by atoms with Crippen LogP contribution in [0.15, 0.2) is 42.7 Å². The minimum atomic E-state index is -2.62. The monoisotopic (exact) mass is 239 g/mol. The van der Waals surface area contributed by atoms with Gasteiger partial charge in [0, 0.05) is 6.54 Å². The first-order valence-corrected chi connectivity index (χ1v) is 5.14. The molecule has 0 spiro atoms. The van der Waals surface area contributed by atoms with Crippen molar-refractivity contribution in [3.8, 4) is 0 Å². The van der Waals surface area contributed by atoms with Crippen LogP contribution in [-0.2, 0) is 11.3 Å². The summed E-state index contributed by atoms with van der Waals surface area (Å²) in [6.45, 7) is 0.110. The predicted octanol–water partition coefficient (Wildman–Crippen LogP) is 2.79. The van der Waals surface area contributed by atoms with E-state index in [0.717, 1.165) is 16.7 Å². The molecule has 0 aliphatic carbocycles. The van der Waals surface area contributed by atoms with Crippen LogP contribution in [-0.4, -0.2) is 23.5 Å². The molecular formula is C12H11F2NO2. The van der Waals surface area contributed by atoms with Crippen molar-refractivity contribution < 1.29 is 18.3 Å². The van der Waals surface area contributed by atoms with E-state index in [-0.39, 0.29) is 6.54 Å². The third-order valence-electron chi connectivity index (χ3n) is 2.49. The maximum Gasteiger partial charge on any atom is 0.415 e. The number of cyclic esters (lactones) is 1. The number of ether oxygens (including phenoxy) is 1. The Labute approximate surface area is 97.3 Å². The molecule has 0 saturated heterocycles. The maximum atomic E-state index is 12.7. The second kappa shape index (κ2) is 4.95. The lowest BCUT2D eigenvalue weighted by Crippen LogP contribution is -2.44. The number of nitrogens with zero attached hydrogens (tertiary/aromatic N) is 1. The SMILES string of the molecule is O=C1OC=CC(C(F)F)N1Cc1ccccc1. The Morgan fingerprint density at radius 1 is 1.29 bits per heavy atom. The van der Waals surface area contributed by atoms with Crippen LogP contribution in [0.3, 0.4) is 0 Å². The van der Waals surface area contributed by atoms with Crippen molar-refractivity contribution in [2.75, 3.05) is 0 Å². The fourth-order valence-corrected chi connectivity index (χ4v) is 1.64. The smallest absolute Gasteiger partial charge is 0.415 e. The number of hydrogen-bond donors (Lipinski definition) is 0.